The Morgan fingerprint density at radius 1 is 1.11 bits per heavy atom. The van der Waals surface area contributed by atoms with Crippen LogP contribution in [0.5, 0.6) is 0 Å². The molecule has 1 amide bonds. The lowest BCUT2D eigenvalue weighted by atomic mass is 10.1. The van der Waals surface area contributed by atoms with E-state index in [-0.39, 0.29) is 29.4 Å². The van der Waals surface area contributed by atoms with Gasteiger partial charge in [-0.25, -0.2) is 8.42 Å². The Hall–Kier alpha value is -2.81. The lowest BCUT2D eigenvalue weighted by Gasteiger charge is -2.43. The van der Waals surface area contributed by atoms with Crippen molar-refractivity contribution in [3.8, 4) is 6.07 Å². The van der Waals surface area contributed by atoms with Crippen LogP contribution in [0.25, 0.3) is 0 Å². The van der Waals surface area contributed by atoms with Crippen molar-refractivity contribution in [2.75, 3.05) is 38.0 Å². The van der Waals surface area contributed by atoms with E-state index in [1.807, 2.05) is 43.9 Å². The first kappa shape index (κ1) is 28.2. The average molecular weight is 539 g/mol. The standard InChI is InChI=1S/C28H38N6O3S/c1-20-7-8-24(16-31-25-9-11-30-12-10-25)14-27(20)32-28(35)19-33-17-21(2)34(22(3)18-33)38(36,37)26-6-4-5-23(13-26)15-29/h4-8,13-14,21-22,25,30-31H,9-12,16-19H2,1-3H3,(H,32,35)/t21-,22+. The number of nitrogens with one attached hydrogen (secondary N) is 3. The summed E-state index contributed by atoms with van der Waals surface area (Å²) in [4.78, 5) is 15.1. The number of benzene rings is 2. The van der Waals surface area contributed by atoms with Crippen LogP contribution >= 0.6 is 0 Å². The van der Waals surface area contributed by atoms with Gasteiger partial charge in [-0.05, 0) is 82.1 Å². The number of rotatable bonds is 8. The zero-order chi connectivity index (χ0) is 27.3. The SMILES string of the molecule is Cc1ccc(CNC2CCNCC2)cc1NC(=O)CN1C[C@@H](C)N(S(=O)(=O)c2cccc(C#N)c2)[C@@H](C)C1. The van der Waals surface area contributed by atoms with Gasteiger partial charge in [0.15, 0.2) is 0 Å². The number of hydrogen-bond donors (Lipinski definition) is 3. The van der Waals surface area contributed by atoms with Crippen LogP contribution in [0, 0.1) is 18.3 Å². The molecule has 2 aliphatic rings. The fourth-order valence-electron chi connectivity index (χ4n) is 5.46. The Morgan fingerprint density at radius 3 is 2.50 bits per heavy atom. The summed E-state index contributed by atoms with van der Waals surface area (Å²) in [5.41, 5.74) is 3.24. The number of anilines is 1. The van der Waals surface area contributed by atoms with E-state index in [4.69, 9.17) is 0 Å². The van der Waals surface area contributed by atoms with Gasteiger partial charge in [0.2, 0.25) is 15.9 Å². The van der Waals surface area contributed by atoms with Gasteiger partial charge in [-0.3, -0.25) is 9.69 Å². The van der Waals surface area contributed by atoms with E-state index in [9.17, 15) is 18.5 Å². The van der Waals surface area contributed by atoms with Crippen molar-refractivity contribution in [3.05, 3.63) is 59.2 Å². The molecular formula is C28H38N6O3S. The molecule has 0 saturated carbocycles. The number of piperidine rings is 1. The number of carbonyl (C=O) groups is 1. The summed E-state index contributed by atoms with van der Waals surface area (Å²) in [6, 6.07) is 14.1. The number of piperazine rings is 1. The molecule has 9 nitrogen and oxygen atoms in total. The Balaban J connectivity index is 1.35. The molecule has 0 radical (unpaired) electrons. The van der Waals surface area contributed by atoms with Gasteiger partial charge in [-0.2, -0.15) is 9.57 Å². The smallest absolute Gasteiger partial charge is 0.243 e. The molecule has 2 aromatic rings. The Morgan fingerprint density at radius 2 is 1.82 bits per heavy atom. The van der Waals surface area contributed by atoms with Gasteiger partial charge in [-0.15, -0.1) is 0 Å². The number of amides is 1. The average Bonchev–Trinajstić information content (AvgIpc) is 2.89. The molecule has 0 bridgehead atoms. The fraction of sp³-hybridized carbons (Fsp3) is 0.500. The van der Waals surface area contributed by atoms with Gasteiger partial charge in [0, 0.05) is 43.4 Å². The van der Waals surface area contributed by atoms with E-state index < -0.39 is 10.0 Å². The molecule has 2 aromatic carbocycles. The maximum Gasteiger partial charge on any atom is 0.243 e. The first-order chi connectivity index (χ1) is 18.2. The van der Waals surface area contributed by atoms with Crippen LogP contribution in [0.15, 0.2) is 47.4 Å². The molecule has 0 unspecified atom stereocenters. The molecule has 2 heterocycles. The fourth-order valence-corrected chi connectivity index (χ4v) is 7.31. The van der Waals surface area contributed by atoms with Crippen molar-refractivity contribution < 1.29 is 13.2 Å². The van der Waals surface area contributed by atoms with Crippen LogP contribution in [0.4, 0.5) is 5.69 Å². The maximum atomic E-state index is 13.4. The predicted molar refractivity (Wildman–Crippen MR) is 148 cm³/mol. The largest absolute Gasteiger partial charge is 0.325 e. The molecule has 0 spiro atoms. The molecule has 2 atom stereocenters. The molecule has 38 heavy (non-hydrogen) atoms. The molecule has 4 rings (SSSR count). The molecule has 204 valence electrons. The second kappa shape index (κ2) is 12.4. The van der Waals surface area contributed by atoms with Crippen LogP contribution in [0.2, 0.25) is 0 Å². The monoisotopic (exact) mass is 538 g/mol. The van der Waals surface area contributed by atoms with E-state index in [0.717, 1.165) is 49.3 Å². The maximum absolute atomic E-state index is 13.4. The molecule has 2 saturated heterocycles. The number of sulfonamides is 1. The summed E-state index contributed by atoms with van der Waals surface area (Å²) in [6.07, 6.45) is 2.24. The summed E-state index contributed by atoms with van der Waals surface area (Å²) < 4.78 is 28.3. The molecular weight excluding hydrogens is 500 g/mol. The van der Waals surface area contributed by atoms with Gasteiger partial charge >= 0.3 is 0 Å². The van der Waals surface area contributed by atoms with E-state index in [1.54, 1.807) is 12.1 Å². The van der Waals surface area contributed by atoms with E-state index in [0.29, 0.717) is 24.7 Å². The third kappa shape index (κ3) is 6.79. The van der Waals surface area contributed by atoms with Gasteiger partial charge in [0.25, 0.3) is 0 Å². The third-order valence-electron chi connectivity index (χ3n) is 7.33. The van der Waals surface area contributed by atoms with Crippen LogP contribution < -0.4 is 16.0 Å². The van der Waals surface area contributed by atoms with Crippen molar-refractivity contribution in [2.24, 2.45) is 0 Å². The topological polar surface area (TPSA) is 118 Å². The summed E-state index contributed by atoms with van der Waals surface area (Å²) >= 11 is 0. The molecule has 10 heteroatoms. The van der Waals surface area contributed by atoms with E-state index in [2.05, 4.69) is 22.0 Å². The van der Waals surface area contributed by atoms with Crippen LogP contribution in [-0.4, -0.2) is 74.4 Å². The lowest BCUT2D eigenvalue weighted by molar-refractivity contribution is -0.118. The van der Waals surface area contributed by atoms with E-state index >= 15 is 0 Å². The number of hydrogen-bond acceptors (Lipinski definition) is 7. The molecule has 3 N–H and O–H groups in total. The first-order valence-electron chi connectivity index (χ1n) is 13.3. The highest BCUT2D eigenvalue weighted by atomic mass is 32.2. The second-order valence-electron chi connectivity index (χ2n) is 10.5. The normalized spacial score (nSPS) is 21.6. The minimum atomic E-state index is -3.77. The minimum Gasteiger partial charge on any atom is -0.325 e. The highest BCUT2D eigenvalue weighted by Gasteiger charge is 2.38. The molecule has 2 aliphatic heterocycles. The first-order valence-corrected chi connectivity index (χ1v) is 14.7. The highest BCUT2D eigenvalue weighted by Crippen LogP contribution is 2.26. The van der Waals surface area contributed by atoms with Crippen molar-refractivity contribution in [3.63, 3.8) is 0 Å². The van der Waals surface area contributed by atoms with Gasteiger partial charge in [-0.1, -0.05) is 18.2 Å². The van der Waals surface area contributed by atoms with Crippen molar-refractivity contribution in [1.29, 1.82) is 5.26 Å². The van der Waals surface area contributed by atoms with Crippen molar-refractivity contribution in [1.82, 2.24) is 19.8 Å². The third-order valence-corrected chi connectivity index (χ3v) is 9.45. The van der Waals surface area contributed by atoms with Crippen molar-refractivity contribution in [2.45, 2.75) is 63.2 Å². The number of carbonyl (C=O) groups excluding carboxylic acids is 1. The zero-order valence-corrected chi connectivity index (χ0v) is 23.2. The summed E-state index contributed by atoms with van der Waals surface area (Å²) in [5, 5.41) is 19.2. The minimum absolute atomic E-state index is 0.117. The molecule has 0 aliphatic carbocycles. The van der Waals surface area contributed by atoms with Gasteiger partial charge in [0.05, 0.1) is 23.1 Å². The van der Waals surface area contributed by atoms with Crippen molar-refractivity contribution >= 4 is 21.6 Å². The Kier molecular flexibility index (Phi) is 9.18. The van der Waals surface area contributed by atoms with Crippen LogP contribution in [-0.2, 0) is 21.4 Å². The van der Waals surface area contributed by atoms with Crippen LogP contribution in [0.3, 0.4) is 0 Å². The molecule has 0 aromatic heterocycles. The zero-order valence-electron chi connectivity index (χ0n) is 22.4. The van der Waals surface area contributed by atoms with Gasteiger partial charge < -0.3 is 16.0 Å². The number of nitrogens with zero attached hydrogens (tertiary/aromatic N) is 3. The number of nitriles is 1. The highest BCUT2D eigenvalue weighted by molar-refractivity contribution is 7.89. The lowest BCUT2D eigenvalue weighted by Crippen LogP contribution is -2.59. The molecule has 2 fully saturated rings. The number of aryl methyl sites for hydroxylation is 1. The van der Waals surface area contributed by atoms with E-state index in [1.165, 1.54) is 16.4 Å². The summed E-state index contributed by atoms with van der Waals surface area (Å²) in [5.74, 6) is -0.117. The quantitative estimate of drug-likeness (QED) is 0.473. The summed E-state index contributed by atoms with van der Waals surface area (Å²) in [7, 11) is -3.77. The van der Waals surface area contributed by atoms with Crippen LogP contribution in [0.1, 0.15) is 43.4 Å². The Labute approximate surface area is 226 Å². The Bertz CT molecular complexity index is 1270. The summed E-state index contributed by atoms with van der Waals surface area (Å²) in [6.45, 7) is 9.60. The van der Waals surface area contributed by atoms with Gasteiger partial charge in [0.1, 0.15) is 0 Å². The predicted octanol–water partition coefficient (Wildman–Crippen LogP) is 2.43. The second-order valence-corrected chi connectivity index (χ2v) is 12.3.